The highest BCUT2D eigenvalue weighted by molar-refractivity contribution is 5.75. The molecule has 1 unspecified atom stereocenters. The van der Waals surface area contributed by atoms with Crippen molar-refractivity contribution in [2.24, 2.45) is 5.73 Å². The molecule has 23 heavy (non-hydrogen) atoms. The Morgan fingerprint density at radius 3 is 2.26 bits per heavy atom. The largest absolute Gasteiger partial charge is 0.460 e. The molecule has 1 aromatic carbocycles. The van der Waals surface area contributed by atoms with Crippen molar-refractivity contribution in [1.82, 2.24) is 0 Å². The minimum atomic E-state index is -0.813. The standard InChI is InChI=1S/C16H25NO6/c17-15(13-22-11-10-21-9-8-20-7-6-18)16(19)23-12-14-4-2-1-3-5-14/h1-5,15,18H,6-13,17H2. The first-order valence-electron chi connectivity index (χ1n) is 7.54. The molecule has 1 rings (SSSR count). The summed E-state index contributed by atoms with van der Waals surface area (Å²) in [5.74, 6) is -0.493. The van der Waals surface area contributed by atoms with Gasteiger partial charge in [-0.25, -0.2) is 0 Å². The summed E-state index contributed by atoms with van der Waals surface area (Å²) in [4.78, 5) is 11.7. The summed E-state index contributed by atoms with van der Waals surface area (Å²) in [5, 5.41) is 8.50. The Morgan fingerprint density at radius 1 is 1.00 bits per heavy atom. The van der Waals surface area contributed by atoms with Crippen LogP contribution < -0.4 is 5.73 Å². The molecular formula is C16H25NO6. The number of rotatable bonds is 13. The third-order valence-electron chi connectivity index (χ3n) is 2.80. The summed E-state index contributed by atoms with van der Waals surface area (Å²) in [6.45, 7) is 2.15. The van der Waals surface area contributed by atoms with Gasteiger partial charge in [0.25, 0.3) is 0 Å². The van der Waals surface area contributed by atoms with Gasteiger partial charge in [0, 0.05) is 0 Å². The predicted molar refractivity (Wildman–Crippen MR) is 83.8 cm³/mol. The maximum absolute atomic E-state index is 11.7. The van der Waals surface area contributed by atoms with Crippen molar-refractivity contribution in [3.05, 3.63) is 35.9 Å². The first kappa shape index (κ1) is 19.5. The molecule has 0 amide bonds. The normalized spacial score (nSPS) is 12.1. The van der Waals surface area contributed by atoms with Crippen LogP contribution in [0.2, 0.25) is 0 Å². The Hall–Kier alpha value is -1.51. The average Bonchev–Trinajstić information content (AvgIpc) is 2.59. The number of nitrogens with two attached hydrogens (primary N) is 1. The highest BCUT2D eigenvalue weighted by Crippen LogP contribution is 2.01. The Bertz CT molecular complexity index is 414. The molecule has 130 valence electrons. The maximum atomic E-state index is 11.7. The van der Waals surface area contributed by atoms with Gasteiger partial charge < -0.3 is 29.8 Å². The van der Waals surface area contributed by atoms with Gasteiger partial charge >= 0.3 is 5.97 Å². The average molecular weight is 327 g/mol. The third kappa shape index (κ3) is 9.98. The van der Waals surface area contributed by atoms with Crippen molar-refractivity contribution in [1.29, 1.82) is 0 Å². The Morgan fingerprint density at radius 2 is 1.61 bits per heavy atom. The predicted octanol–water partition coefficient (Wildman–Crippen LogP) is 0.0992. The van der Waals surface area contributed by atoms with Gasteiger partial charge in [0.1, 0.15) is 12.6 Å². The highest BCUT2D eigenvalue weighted by atomic mass is 16.6. The zero-order valence-electron chi connectivity index (χ0n) is 13.2. The van der Waals surface area contributed by atoms with Crippen molar-refractivity contribution in [2.75, 3.05) is 46.2 Å². The van der Waals surface area contributed by atoms with Crippen LogP contribution in [0.15, 0.2) is 30.3 Å². The number of esters is 1. The van der Waals surface area contributed by atoms with E-state index in [2.05, 4.69) is 0 Å². The van der Waals surface area contributed by atoms with E-state index in [1.165, 1.54) is 0 Å². The molecule has 1 aromatic rings. The number of hydrogen-bond acceptors (Lipinski definition) is 7. The number of aliphatic hydroxyl groups excluding tert-OH is 1. The second-order valence-electron chi connectivity index (χ2n) is 4.72. The minimum Gasteiger partial charge on any atom is -0.460 e. The SMILES string of the molecule is NC(COCCOCCOCCO)C(=O)OCc1ccccc1. The monoisotopic (exact) mass is 327 g/mol. The fourth-order valence-corrected chi connectivity index (χ4v) is 1.62. The van der Waals surface area contributed by atoms with E-state index in [9.17, 15) is 4.79 Å². The number of benzene rings is 1. The van der Waals surface area contributed by atoms with E-state index in [0.717, 1.165) is 5.56 Å². The molecule has 0 radical (unpaired) electrons. The lowest BCUT2D eigenvalue weighted by Crippen LogP contribution is -2.37. The van der Waals surface area contributed by atoms with Gasteiger partial charge in [0.2, 0.25) is 0 Å². The lowest BCUT2D eigenvalue weighted by atomic mass is 10.2. The van der Waals surface area contributed by atoms with E-state index in [1.54, 1.807) is 0 Å². The summed E-state index contributed by atoms with van der Waals surface area (Å²) < 4.78 is 20.6. The molecule has 3 N–H and O–H groups in total. The zero-order chi connectivity index (χ0) is 16.8. The van der Waals surface area contributed by atoms with Crippen LogP contribution in [0.5, 0.6) is 0 Å². The second kappa shape index (κ2) is 13.0. The molecule has 0 aliphatic rings. The minimum absolute atomic E-state index is 0.00136. The molecule has 0 bridgehead atoms. The molecule has 0 aliphatic heterocycles. The molecule has 0 saturated heterocycles. The van der Waals surface area contributed by atoms with Gasteiger partial charge in [-0.1, -0.05) is 30.3 Å². The fraction of sp³-hybridized carbons (Fsp3) is 0.562. The number of aliphatic hydroxyl groups is 1. The van der Waals surface area contributed by atoms with Crippen LogP contribution in [0.1, 0.15) is 5.56 Å². The van der Waals surface area contributed by atoms with E-state index in [4.69, 9.17) is 29.8 Å². The van der Waals surface area contributed by atoms with Gasteiger partial charge in [-0.15, -0.1) is 0 Å². The molecule has 7 heteroatoms. The third-order valence-corrected chi connectivity index (χ3v) is 2.80. The van der Waals surface area contributed by atoms with Gasteiger partial charge in [0.15, 0.2) is 0 Å². The van der Waals surface area contributed by atoms with Crippen molar-refractivity contribution in [3.8, 4) is 0 Å². The van der Waals surface area contributed by atoms with E-state index < -0.39 is 12.0 Å². The van der Waals surface area contributed by atoms with Crippen LogP contribution in [0.3, 0.4) is 0 Å². The van der Waals surface area contributed by atoms with E-state index >= 15 is 0 Å². The van der Waals surface area contributed by atoms with Crippen LogP contribution in [0.4, 0.5) is 0 Å². The summed E-state index contributed by atoms with van der Waals surface area (Å²) in [5.41, 5.74) is 6.60. The van der Waals surface area contributed by atoms with Crippen molar-refractivity contribution in [3.63, 3.8) is 0 Å². The molecule has 1 atom stereocenters. The lowest BCUT2D eigenvalue weighted by molar-refractivity contribution is -0.148. The van der Waals surface area contributed by atoms with E-state index in [0.29, 0.717) is 33.0 Å². The highest BCUT2D eigenvalue weighted by Gasteiger charge is 2.15. The Labute approximate surface area is 136 Å². The van der Waals surface area contributed by atoms with Gasteiger partial charge in [-0.3, -0.25) is 4.79 Å². The summed E-state index contributed by atoms with van der Waals surface area (Å²) >= 11 is 0. The summed E-state index contributed by atoms with van der Waals surface area (Å²) in [6.07, 6.45) is 0. The number of hydrogen-bond donors (Lipinski definition) is 2. The molecular weight excluding hydrogens is 302 g/mol. The molecule has 7 nitrogen and oxygen atoms in total. The lowest BCUT2D eigenvalue weighted by Gasteiger charge is -2.12. The fourth-order valence-electron chi connectivity index (χ4n) is 1.62. The van der Waals surface area contributed by atoms with Crippen LogP contribution >= 0.6 is 0 Å². The van der Waals surface area contributed by atoms with Crippen molar-refractivity contribution < 1.29 is 28.8 Å². The first-order valence-corrected chi connectivity index (χ1v) is 7.54. The maximum Gasteiger partial charge on any atom is 0.325 e. The topological polar surface area (TPSA) is 100 Å². The van der Waals surface area contributed by atoms with Crippen LogP contribution in [0, 0.1) is 0 Å². The smallest absolute Gasteiger partial charge is 0.325 e. The first-order chi connectivity index (χ1) is 11.2. The summed E-state index contributed by atoms with van der Waals surface area (Å²) in [6, 6.07) is 8.58. The van der Waals surface area contributed by atoms with Crippen LogP contribution in [-0.4, -0.2) is 63.4 Å². The van der Waals surface area contributed by atoms with Gasteiger partial charge in [0.05, 0.1) is 46.2 Å². The number of carbonyl (C=O) groups is 1. The van der Waals surface area contributed by atoms with Crippen LogP contribution in [0.25, 0.3) is 0 Å². The molecule has 0 saturated carbocycles. The van der Waals surface area contributed by atoms with E-state index in [1.807, 2.05) is 30.3 Å². The van der Waals surface area contributed by atoms with Gasteiger partial charge in [-0.05, 0) is 5.56 Å². The quantitative estimate of drug-likeness (QED) is 0.391. The number of ether oxygens (including phenoxy) is 4. The Kier molecular flexibility index (Phi) is 11.0. The molecule has 0 spiro atoms. The van der Waals surface area contributed by atoms with Crippen molar-refractivity contribution >= 4 is 5.97 Å². The molecule has 0 heterocycles. The Balaban J connectivity index is 1.98. The number of carbonyl (C=O) groups excluding carboxylic acids is 1. The van der Waals surface area contributed by atoms with E-state index in [-0.39, 0.29) is 19.8 Å². The van der Waals surface area contributed by atoms with Crippen molar-refractivity contribution in [2.45, 2.75) is 12.6 Å². The summed E-state index contributed by atoms with van der Waals surface area (Å²) in [7, 11) is 0. The molecule has 0 fully saturated rings. The van der Waals surface area contributed by atoms with Gasteiger partial charge in [-0.2, -0.15) is 0 Å². The molecule has 0 aromatic heterocycles. The molecule has 0 aliphatic carbocycles. The zero-order valence-corrected chi connectivity index (χ0v) is 13.2. The second-order valence-corrected chi connectivity index (χ2v) is 4.72. The van der Waals surface area contributed by atoms with Crippen LogP contribution in [-0.2, 0) is 30.3 Å².